The largest absolute Gasteiger partial charge is 0.406 e. The molecule has 2 aromatic heterocycles. The van der Waals surface area contributed by atoms with Gasteiger partial charge >= 0.3 is 6.18 Å². The van der Waals surface area contributed by atoms with Crippen LogP contribution in [-0.4, -0.2) is 57.4 Å². The van der Waals surface area contributed by atoms with Crippen molar-refractivity contribution >= 4 is 17.7 Å². The van der Waals surface area contributed by atoms with Crippen molar-refractivity contribution in [1.82, 2.24) is 24.9 Å². The number of nitrogens with zero attached hydrogens (tertiary/aromatic N) is 6. The van der Waals surface area contributed by atoms with Gasteiger partial charge in [-0.15, -0.1) is 10.2 Å². The molecule has 13 heteroatoms. The van der Waals surface area contributed by atoms with E-state index in [1.54, 1.807) is 30.9 Å². The van der Waals surface area contributed by atoms with Gasteiger partial charge in [0.25, 0.3) is 0 Å². The van der Waals surface area contributed by atoms with E-state index in [4.69, 9.17) is 9.26 Å². The van der Waals surface area contributed by atoms with Crippen LogP contribution in [0.3, 0.4) is 0 Å². The van der Waals surface area contributed by atoms with Gasteiger partial charge < -0.3 is 14.2 Å². The van der Waals surface area contributed by atoms with Gasteiger partial charge in [-0.05, 0) is 25.5 Å². The Hall–Kier alpha value is -2.67. The Morgan fingerprint density at radius 2 is 1.94 bits per heavy atom. The lowest BCUT2D eigenvalue weighted by Gasteiger charge is -2.28. The molecule has 0 bridgehead atoms. The summed E-state index contributed by atoms with van der Waals surface area (Å²) >= 11 is 1.02. The minimum absolute atomic E-state index is 0.0810. The summed E-state index contributed by atoms with van der Waals surface area (Å²) in [5.74, 6) is 0.117. The van der Waals surface area contributed by atoms with Crippen LogP contribution in [0.4, 0.5) is 23.5 Å². The molecule has 1 aliphatic rings. The highest BCUT2D eigenvalue weighted by atomic mass is 32.2. The molecule has 32 heavy (non-hydrogen) atoms. The standard InChI is InChI=1S/C19H20F4N6O2S/c1-11-3-4-13(9-14(11)20)15-24-16(31-27-15)12(2)32-18-26-25-17(28-5-7-30-8-6-28)29(18)10-19(21,22)23/h3-4,9,12H,5-8,10H2,1-2H3. The molecule has 0 radical (unpaired) electrons. The second-order valence-corrected chi connectivity index (χ2v) is 8.57. The summed E-state index contributed by atoms with van der Waals surface area (Å²) in [6.45, 7) is 3.79. The quantitative estimate of drug-likeness (QED) is 0.393. The fraction of sp³-hybridized carbons (Fsp3) is 0.474. The Balaban J connectivity index is 1.56. The minimum Gasteiger partial charge on any atom is -0.378 e. The van der Waals surface area contributed by atoms with E-state index in [1.807, 2.05) is 0 Å². The molecule has 0 saturated carbocycles. The van der Waals surface area contributed by atoms with Gasteiger partial charge in [-0.3, -0.25) is 4.57 Å². The second kappa shape index (κ2) is 9.06. The topological polar surface area (TPSA) is 82.1 Å². The highest BCUT2D eigenvalue weighted by Crippen LogP contribution is 2.36. The van der Waals surface area contributed by atoms with Crippen molar-refractivity contribution in [2.75, 3.05) is 31.2 Å². The number of halogens is 4. The summed E-state index contributed by atoms with van der Waals surface area (Å²) in [6, 6.07) is 4.57. The Labute approximate surface area is 184 Å². The zero-order valence-electron chi connectivity index (χ0n) is 17.3. The molecule has 3 aromatic rings. The maximum absolute atomic E-state index is 13.8. The minimum atomic E-state index is -4.45. The lowest BCUT2D eigenvalue weighted by atomic mass is 10.1. The summed E-state index contributed by atoms with van der Waals surface area (Å²) < 4.78 is 65.2. The second-order valence-electron chi connectivity index (χ2n) is 7.26. The molecule has 1 aromatic carbocycles. The van der Waals surface area contributed by atoms with Crippen LogP contribution in [0.25, 0.3) is 11.4 Å². The predicted octanol–water partition coefficient (Wildman–Crippen LogP) is 4.03. The van der Waals surface area contributed by atoms with E-state index in [9.17, 15) is 17.6 Å². The van der Waals surface area contributed by atoms with Crippen molar-refractivity contribution in [1.29, 1.82) is 0 Å². The smallest absolute Gasteiger partial charge is 0.378 e. The van der Waals surface area contributed by atoms with E-state index in [0.717, 1.165) is 16.3 Å². The maximum atomic E-state index is 13.8. The van der Waals surface area contributed by atoms with E-state index in [2.05, 4.69) is 20.3 Å². The van der Waals surface area contributed by atoms with Gasteiger partial charge in [0.05, 0.1) is 18.5 Å². The zero-order chi connectivity index (χ0) is 22.9. The monoisotopic (exact) mass is 472 g/mol. The van der Waals surface area contributed by atoms with Crippen molar-refractivity contribution in [3.05, 3.63) is 35.5 Å². The normalized spacial score (nSPS) is 15.9. The van der Waals surface area contributed by atoms with Crippen LogP contribution in [0.15, 0.2) is 27.9 Å². The molecule has 1 atom stereocenters. The number of rotatable bonds is 6. The van der Waals surface area contributed by atoms with Gasteiger partial charge in [0.15, 0.2) is 5.16 Å². The molecular formula is C19H20F4N6O2S. The molecule has 0 aliphatic carbocycles. The van der Waals surface area contributed by atoms with Crippen LogP contribution in [0.5, 0.6) is 0 Å². The molecule has 172 valence electrons. The van der Waals surface area contributed by atoms with Crippen molar-refractivity contribution in [2.45, 2.75) is 37.0 Å². The van der Waals surface area contributed by atoms with Crippen molar-refractivity contribution < 1.29 is 26.8 Å². The molecule has 4 rings (SSSR count). The highest BCUT2D eigenvalue weighted by molar-refractivity contribution is 7.99. The Morgan fingerprint density at radius 1 is 1.19 bits per heavy atom. The Kier molecular flexibility index (Phi) is 6.38. The molecule has 1 unspecified atom stereocenters. The van der Waals surface area contributed by atoms with E-state index in [-0.39, 0.29) is 22.8 Å². The fourth-order valence-electron chi connectivity index (χ4n) is 3.14. The molecule has 0 amide bonds. The Bertz CT molecular complexity index is 1080. The molecule has 0 spiro atoms. The summed E-state index contributed by atoms with van der Waals surface area (Å²) in [6.07, 6.45) is -4.45. The average molecular weight is 472 g/mol. The number of hydrogen-bond donors (Lipinski definition) is 0. The molecule has 8 nitrogen and oxygen atoms in total. The first-order chi connectivity index (χ1) is 15.2. The van der Waals surface area contributed by atoms with Crippen molar-refractivity contribution in [3.8, 4) is 11.4 Å². The molecule has 1 fully saturated rings. The molecule has 1 saturated heterocycles. The Morgan fingerprint density at radius 3 is 2.62 bits per heavy atom. The van der Waals surface area contributed by atoms with Crippen LogP contribution in [0, 0.1) is 12.7 Å². The zero-order valence-corrected chi connectivity index (χ0v) is 18.1. The summed E-state index contributed by atoms with van der Waals surface area (Å²) in [4.78, 5) is 5.99. The summed E-state index contributed by atoms with van der Waals surface area (Å²) in [5, 5.41) is 11.4. The number of thioether (sulfide) groups is 1. The highest BCUT2D eigenvalue weighted by Gasteiger charge is 2.33. The lowest BCUT2D eigenvalue weighted by molar-refractivity contribution is -0.141. The van der Waals surface area contributed by atoms with Crippen LogP contribution in [0.2, 0.25) is 0 Å². The van der Waals surface area contributed by atoms with Gasteiger partial charge in [0.1, 0.15) is 12.4 Å². The van der Waals surface area contributed by atoms with Gasteiger partial charge in [-0.1, -0.05) is 29.1 Å². The fourth-order valence-corrected chi connectivity index (χ4v) is 4.02. The number of hydrogen-bond acceptors (Lipinski definition) is 8. The molecule has 1 aliphatic heterocycles. The lowest BCUT2D eigenvalue weighted by Crippen LogP contribution is -2.38. The van der Waals surface area contributed by atoms with E-state index in [1.165, 1.54) is 6.07 Å². The van der Waals surface area contributed by atoms with Crippen LogP contribution in [0.1, 0.15) is 23.6 Å². The van der Waals surface area contributed by atoms with Crippen molar-refractivity contribution in [3.63, 3.8) is 0 Å². The number of alkyl halides is 3. The molecular weight excluding hydrogens is 452 g/mol. The maximum Gasteiger partial charge on any atom is 0.406 e. The van der Waals surface area contributed by atoms with Crippen LogP contribution in [-0.2, 0) is 11.3 Å². The summed E-state index contributed by atoms with van der Waals surface area (Å²) in [5.41, 5.74) is 0.927. The number of ether oxygens (including phenoxy) is 1. The third-order valence-corrected chi connectivity index (χ3v) is 5.90. The number of anilines is 1. The van der Waals surface area contributed by atoms with Gasteiger partial charge in [-0.25, -0.2) is 4.39 Å². The van der Waals surface area contributed by atoms with Crippen LogP contribution < -0.4 is 4.90 Å². The SMILES string of the molecule is Cc1ccc(-c2noc(C(C)Sc3nnc(N4CCOCC4)n3CC(F)(F)F)n2)cc1F. The average Bonchev–Trinajstić information content (AvgIpc) is 3.38. The number of morpholine rings is 1. The third kappa shape index (κ3) is 5.04. The van der Waals surface area contributed by atoms with E-state index in [0.29, 0.717) is 37.4 Å². The molecule has 0 N–H and O–H groups in total. The van der Waals surface area contributed by atoms with E-state index >= 15 is 0 Å². The van der Waals surface area contributed by atoms with Gasteiger partial charge in [-0.2, -0.15) is 18.2 Å². The van der Waals surface area contributed by atoms with Gasteiger partial charge in [0.2, 0.25) is 17.7 Å². The number of benzene rings is 1. The summed E-state index contributed by atoms with van der Waals surface area (Å²) in [7, 11) is 0. The number of aromatic nitrogens is 5. The number of aryl methyl sites for hydroxylation is 1. The van der Waals surface area contributed by atoms with Crippen molar-refractivity contribution in [2.24, 2.45) is 0 Å². The third-order valence-electron chi connectivity index (χ3n) is 4.83. The van der Waals surface area contributed by atoms with E-state index < -0.39 is 23.8 Å². The predicted molar refractivity (Wildman–Crippen MR) is 108 cm³/mol. The first-order valence-electron chi connectivity index (χ1n) is 9.80. The molecule has 3 heterocycles. The first-order valence-corrected chi connectivity index (χ1v) is 10.7. The van der Waals surface area contributed by atoms with Gasteiger partial charge in [0, 0.05) is 18.7 Å². The first kappa shape index (κ1) is 22.5. The van der Waals surface area contributed by atoms with Crippen LogP contribution >= 0.6 is 11.8 Å².